The summed E-state index contributed by atoms with van der Waals surface area (Å²) in [6.07, 6.45) is 0. The van der Waals surface area contributed by atoms with Gasteiger partial charge in [-0.1, -0.05) is 24.3 Å². The van der Waals surface area contributed by atoms with Gasteiger partial charge in [-0.15, -0.1) is 0 Å². The normalized spacial score (nSPS) is 11.6. The van der Waals surface area contributed by atoms with Gasteiger partial charge >= 0.3 is 11.4 Å². The first-order valence-corrected chi connectivity index (χ1v) is 9.78. The Kier molecular flexibility index (Phi) is 4.03. The second-order valence-electron chi connectivity index (χ2n) is 7.68. The first-order chi connectivity index (χ1) is 15.2. The lowest BCUT2D eigenvalue weighted by Gasteiger charge is -2.15. The van der Waals surface area contributed by atoms with Crippen molar-refractivity contribution in [1.29, 1.82) is 0 Å². The van der Waals surface area contributed by atoms with Crippen molar-refractivity contribution in [2.45, 2.75) is 0 Å². The Morgan fingerprint density at radius 2 is 1.16 bits per heavy atom. The molecule has 5 aromatic rings. The third kappa shape index (κ3) is 2.46. The fraction of sp³-hybridized carbons (Fsp3) is 0.182. The minimum absolute atomic E-state index is 0.0683. The zero-order chi connectivity index (χ0) is 22.9. The average Bonchev–Trinajstić information content (AvgIpc) is 2.81. The van der Waals surface area contributed by atoms with Crippen LogP contribution in [0.15, 0.2) is 55.6 Å². The Labute approximate surface area is 179 Å². The molecule has 0 aliphatic carbocycles. The molecule has 0 saturated carbocycles. The van der Waals surface area contributed by atoms with Gasteiger partial charge in [0.1, 0.15) is 0 Å². The molecule has 0 aliphatic heterocycles. The van der Waals surface area contributed by atoms with Crippen molar-refractivity contribution in [2.75, 3.05) is 0 Å². The van der Waals surface area contributed by atoms with Crippen LogP contribution in [0.2, 0.25) is 0 Å². The molecule has 0 saturated heterocycles. The van der Waals surface area contributed by atoms with Crippen molar-refractivity contribution in [1.82, 2.24) is 28.2 Å². The van der Waals surface area contributed by atoms with Crippen molar-refractivity contribution in [3.63, 3.8) is 0 Å². The maximum absolute atomic E-state index is 13.3. The number of para-hydroxylation sites is 1. The molecule has 0 spiro atoms. The van der Waals surface area contributed by atoms with E-state index in [1.54, 1.807) is 6.07 Å². The highest BCUT2D eigenvalue weighted by Crippen LogP contribution is 2.30. The second-order valence-corrected chi connectivity index (χ2v) is 7.68. The highest BCUT2D eigenvalue weighted by Gasteiger charge is 2.24. The van der Waals surface area contributed by atoms with Gasteiger partial charge in [0.25, 0.3) is 11.1 Å². The summed E-state index contributed by atoms with van der Waals surface area (Å²) in [5, 5.41) is 1.06. The molecule has 160 valence electrons. The van der Waals surface area contributed by atoms with Crippen LogP contribution in [0.4, 0.5) is 0 Å². The van der Waals surface area contributed by atoms with E-state index < -0.39 is 22.5 Å². The summed E-state index contributed by atoms with van der Waals surface area (Å²) in [6, 6.07) is 11.0. The highest BCUT2D eigenvalue weighted by atomic mass is 16.2. The van der Waals surface area contributed by atoms with Gasteiger partial charge in [-0.05, 0) is 12.1 Å². The van der Waals surface area contributed by atoms with Crippen molar-refractivity contribution >= 4 is 33.0 Å². The third-order valence-corrected chi connectivity index (χ3v) is 5.83. The zero-order valence-electron chi connectivity index (χ0n) is 17.8. The number of fused-ring (bicyclic) bond motifs is 3. The van der Waals surface area contributed by atoms with E-state index in [-0.39, 0.29) is 27.6 Å². The van der Waals surface area contributed by atoms with Gasteiger partial charge in [0.05, 0.1) is 22.0 Å². The number of aryl methyl sites for hydroxylation is 2. The van der Waals surface area contributed by atoms with E-state index in [9.17, 15) is 19.2 Å². The van der Waals surface area contributed by atoms with Crippen molar-refractivity contribution in [3.8, 4) is 11.3 Å². The standard InChI is InChI=1S/C22H18N6O4/c1-25-17-15(19(29)27(3)21(25)31)14(13-10-9-11-7-5-6-8-12(11)23-13)16-18(24-17)26(2)22(32)28(4)20(16)30/h5-10H,1-4H3. The summed E-state index contributed by atoms with van der Waals surface area (Å²) in [6.45, 7) is 0. The molecule has 5 rings (SSSR count). The van der Waals surface area contributed by atoms with Crippen molar-refractivity contribution < 1.29 is 0 Å². The number of hydrogen-bond acceptors (Lipinski definition) is 6. The van der Waals surface area contributed by atoms with Gasteiger partial charge in [-0.25, -0.2) is 19.6 Å². The molecule has 0 N–H and O–H groups in total. The van der Waals surface area contributed by atoms with E-state index >= 15 is 0 Å². The van der Waals surface area contributed by atoms with Crippen LogP contribution in [0.1, 0.15) is 0 Å². The topological polar surface area (TPSA) is 114 Å². The SMILES string of the molecule is Cn1c(=O)c2c(-c3ccc4ccccc4n3)c3c(=O)n(C)c(=O)n(C)c3nc2n(C)c1=O. The third-order valence-electron chi connectivity index (χ3n) is 5.83. The van der Waals surface area contributed by atoms with Crippen LogP contribution in [0, 0.1) is 0 Å². The lowest BCUT2D eigenvalue weighted by molar-refractivity contribution is 0.697. The number of nitrogens with zero attached hydrogens (tertiary/aromatic N) is 6. The first-order valence-electron chi connectivity index (χ1n) is 9.78. The van der Waals surface area contributed by atoms with E-state index in [1.165, 1.54) is 37.3 Å². The summed E-state index contributed by atoms with van der Waals surface area (Å²) in [4.78, 5) is 60.8. The summed E-state index contributed by atoms with van der Waals surface area (Å²) in [5.74, 6) is 0. The molecule has 0 aliphatic rings. The van der Waals surface area contributed by atoms with Crippen LogP contribution < -0.4 is 22.5 Å². The number of hydrogen-bond donors (Lipinski definition) is 0. The number of pyridine rings is 2. The van der Waals surface area contributed by atoms with Gasteiger partial charge in [0.15, 0.2) is 11.3 Å². The molecule has 0 radical (unpaired) electrons. The summed E-state index contributed by atoms with van der Waals surface area (Å²) < 4.78 is 4.38. The molecule has 4 heterocycles. The molecule has 32 heavy (non-hydrogen) atoms. The van der Waals surface area contributed by atoms with E-state index in [1.807, 2.05) is 30.3 Å². The summed E-state index contributed by atoms with van der Waals surface area (Å²) in [7, 11) is 5.70. The predicted molar refractivity (Wildman–Crippen MR) is 121 cm³/mol. The number of benzene rings is 1. The maximum atomic E-state index is 13.3. The van der Waals surface area contributed by atoms with Gasteiger partial charge in [-0.2, -0.15) is 0 Å². The fourth-order valence-electron chi connectivity index (χ4n) is 4.05. The Morgan fingerprint density at radius 1 is 0.625 bits per heavy atom. The first kappa shape index (κ1) is 19.6. The largest absolute Gasteiger partial charge is 0.332 e. The minimum atomic E-state index is -0.599. The molecule has 0 fully saturated rings. The Morgan fingerprint density at radius 3 is 1.72 bits per heavy atom. The van der Waals surface area contributed by atoms with Gasteiger partial charge in [0.2, 0.25) is 0 Å². The van der Waals surface area contributed by atoms with Gasteiger partial charge < -0.3 is 0 Å². The van der Waals surface area contributed by atoms with E-state index in [2.05, 4.69) is 4.98 Å². The van der Waals surface area contributed by atoms with Crippen LogP contribution in [0.5, 0.6) is 0 Å². The molecule has 1 aromatic carbocycles. The molecule has 0 bridgehead atoms. The predicted octanol–water partition coefficient (Wildman–Crippen LogP) is 0.398. The van der Waals surface area contributed by atoms with E-state index in [0.29, 0.717) is 11.2 Å². The van der Waals surface area contributed by atoms with E-state index in [4.69, 9.17) is 4.98 Å². The molecule has 10 heteroatoms. The Bertz CT molecular complexity index is 1760. The molecule has 10 nitrogen and oxygen atoms in total. The highest BCUT2D eigenvalue weighted by molar-refractivity contribution is 6.07. The van der Waals surface area contributed by atoms with Crippen LogP contribution in [-0.2, 0) is 28.2 Å². The van der Waals surface area contributed by atoms with Crippen LogP contribution in [0.3, 0.4) is 0 Å². The van der Waals surface area contributed by atoms with E-state index in [0.717, 1.165) is 14.5 Å². The maximum Gasteiger partial charge on any atom is 0.332 e. The van der Waals surface area contributed by atoms with Crippen molar-refractivity contribution in [3.05, 3.63) is 78.1 Å². The fourth-order valence-corrected chi connectivity index (χ4v) is 4.05. The number of aromatic nitrogens is 6. The Balaban J connectivity index is 2.17. The zero-order valence-corrected chi connectivity index (χ0v) is 17.8. The lowest BCUT2D eigenvalue weighted by atomic mass is 10.0. The molecule has 0 amide bonds. The minimum Gasteiger partial charge on any atom is -0.280 e. The van der Waals surface area contributed by atoms with Crippen LogP contribution >= 0.6 is 0 Å². The van der Waals surface area contributed by atoms with Gasteiger partial charge in [-0.3, -0.25) is 27.9 Å². The smallest absolute Gasteiger partial charge is 0.280 e. The van der Waals surface area contributed by atoms with Crippen molar-refractivity contribution in [2.24, 2.45) is 28.2 Å². The molecule has 4 aromatic heterocycles. The second kappa shape index (κ2) is 6.58. The van der Waals surface area contributed by atoms with Gasteiger partial charge in [0, 0.05) is 39.1 Å². The molecule has 0 atom stereocenters. The molecular weight excluding hydrogens is 412 g/mol. The number of rotatable bonds is 1. The lowest BCUT2D eigenvalue weighted by Crippen LogP contribution is -2.40. The molecular formula is C22H18N6O4. The quantitative estimate of drug-likeness (QED) is 0.356. The monoisotopic (exact) mass is 430 g/mol. The average molecular weight is 430 g/mol. The molecule has 0 unspecified atom stereocenters. The van der Waals surface area contributed by atoms with Crippen LogP contribution in [-0.4, -0.2) is 28.2 Å². The summed E-state index contributed by atoms with van der Waals surface area (Å²) >= 11 is 0. The summed E-state index contributed by atoms with van der Waals surface area (Å²) in [5.41, 5.74) is -0.919. The van der Waals surface area contributed by atoms with Crippen LogP contribution in [0.25, 0.3) is 44.2 Å². The Hall–Kier alpha value is -4.34.